The van der Waals surface area contributed by atoms with E-state index < -0.39 is 0 Å². The van der Waals surface area contributed by atoms with E-state index in [1.807, 2.05) is 0 Å². The number of anilines is 1. The molecule has 5 nitrogen and oxygen atoms in total. The molecule has 1 saturated carbocycles. The number of hydrogen-bond acceptors (Lipinski definition) is 6. The summed E-state index contributed by atoms with van der Waals surface area (Å²) in [5, 5.41) is 5.03. The number of aromatic nitrogens is 2. The normalized spacial score (nSPS) is 29.6. The van der Waals surface area contributed by atoms with Gasteiger partial charge in [0, 0.05) is 31.2 Å². The Morgan fingerprint density at radius 1 is 1.38 bits per heavy atom. The number of hydrogen-bond donors (Lipinski definition) is 2. The molecule has 1 aliphatic carbocycles. The molecular formula is C10H17N5S. The molecule has 2 unspecified atom stereocenters. The van der Waals surface area contributed by atoms with E-state index in [0.717, 1.165) is 29.1 Å². The summed E-state index contributed by atoms with van der Waals surface area (Å²) in [4.78, 5) is 2.49. The molecule has 1 aromatic rings. The molecule has 3 N–H and O–H groups in total. The molecule has 1 saturated heterocycles. The van der Waals surface area contributed by atoms with Crippen LogP contribution in [0.25, 0.3) is 0 Å². The molecule has 1 aliphatic heterocycles. The lowest BCUT2D eigenvalue weighted by molar-refractivity contribution is 0.300. The Morgan fingerprint density at radius 2 is 2.12 bits per heavy atom. The molecule has 2 atom stereocenters. The van der Waals surface area contributed by atoms with Crippen LogP contribution in [-0.2, 0) is 6.54 Å². The van der Waals surface area contributed by atoms with Crippen molar-refractivity contribution in [3.05, 3.63) is 5.69 Å². The summed E-state index contributed by atoms with van der Waals surface area (Å²) in [5.74, 6) is 7.29. The van der Waals surface area contributed by atoms with Gasteiger partial charge >= 0.3 is 0 Å². The lowest BCUT2D eigenvalue weighted by Crippen LogP contribution is -2.22. The highest BCUT2D eigenvalue weighted by molar-refractivity contribution is 7.10. The maximum absolute atomic E-state index is 5.42. The van der Waals surface area contributed by atoms with Gasteiger partial charge in [-0.05, 0) is 24.7 Å². The van der Waals surface area contributed by atoms with E-state index in [1.165, 1.54) is 43.9 Å². The van der Waals surface area contributed by atoms with E-state index in [-0.39, 0.29) is 0 Å². The molecule has 2 fully saturated rings. The van der Waals surface area contributed by atoms with Gasteiger partial charge in [0.15, 0.2) is 0 Å². The molecule has 0 spiro atoms. The molecule has 0 radical (unpaired) electrons. The number of nitrogens with one attached hydrogen (secondary N) is 1. The number of nitrogen functional groups attached to an aromatic ring is 1. The molecule has 1 aromatic heterocycles. The first-order valence-electron chi connectivity index (χ1n) is 5.87. The zero-order chi connectivity index (χ0) is 11.0. The van der Waals surface area contributed by atoms with Crippen molar-refractivity contribution in [1.82, 2.24) is 14.5 Å². The average molecular weight is 239 g/mol. The van der Waals surface area contributed by atoms with Crippen LogP contribution in [0.1, 0.15) is 25.0 Å². The molecule has 2 aliphatic rings. The van der Waals surface area contributed by atoms with Gasteiger partial charge in [-0.15, -0.1) is 5.10 Å². The number of nitrogens with zero attached hydrogens (tertiary/aromatic N) is 3. The number of rotatable bonds is 3. The number of fused-ring (bicyclic) bond motifs is 1. The third-order valence-corrected chi connectivity index (χ3v) is 4.56. The Labute approximate surface area is 99.1 Å². The van der Waals surface area contributed by atoms with Crippen molar-refractivity contribution in [3.63, 3.8) is 0 Å². The minimum atomic E-state index is 0.892. The van der Waals surface area contributed by atoms with Crippen LogP contribution < -0.4 is 11.3 Å². The van der Waals surface area contributed by atoms with Crippen LogP contribution in [0.2, 0.25) is 0 Å². The minimum Gasteiger partial charge on any atom is -0.313 e. The van der Waals surface area contributed by atoms with Crippen LogP contribution in [0.3, 0.4) is 0 Å². The van der Waals surface area contributed by atoms with Crippen molar-refractivity contribution in [1.29, 1.82) is 0 Å². The topological polar surface area (TPSA) is 67.1 Å². The fraction of sp³-hybridized carbons (Fsp3) is 0.800. The lowest BCUT2D eigenvalue weighted by atomic mass is 10.0. The first kappa shape index (κ1) is 10.4. The van der Waals surface area contributed by atoms with Crippen molar-refractivity contribution in [2.24, 2.45) is 17.7 Å². The van der Waals surface area contributed by atoms with Crippen molar-refractivity contribution in [3.8, 4) is 0 Å². The number of nitrogens with two attached hydrogens (primary N) is 1. The Hall–Kier alpha value is -0.720. The van der Waals surface area contributed by atoms with E-state index in [0.29, 0.717) is 0 Å². The SMILES string of the molecule is NNc1snnc1CN1CC2CCCC2C1. The average Bonchev–Trinajstić information content (AvgIpc) is 2.92. The molecule has 3 rings (SSSR count). The fourth-order valence-corrected chi connectivity index (χ4v) is 3.58. The number of hydrazine groups is 1. The maximum Gasteiger partial charge on any atom is 0.148 e. The minimum absolute atomic E-state index is 0.892. The fourth-order valence-electron chi connectivity index (χ4n) is 3.09. The van der Waals surface area contributed by atoms with Crippen molar-refractivity contribution in [2.75, 3.05) is 18.5 Å². The van der Waals surface area contributed by atoms with Gasteiger partial charge in [-0.1, -0.05) is 10.9 Å². The Morgan fingerprint density at radius 3 is 2.81 bits per heavy atom. The third-order valence-electron chi connectivity index (χ3n) is 3.86. The largest absolute Gasteiger partial charge is 0.313 e. The Balaban J connectivity index is 1.64. The van der Waals surface area contributed by atoms with Crippen molar-refractivity contribution in [2.45, 2.75) is 25.8 Å². The Bertz CT molecular complexity index is 354. The standard InChI is InChI=1S/C10H17N5S/c11-12-10-9(13-14-16-10)6-15-4-7-2-1-3-8(7)5-15/h7-8,12H,1-6,11H2. The van der Waals surface area contributed by atoms with Crippen LogP contribution in [-0.4, -0.2) is 27.6 Å². The van der Waals surface area contributed by atoms with Gasteiger partial charge in [-0.25, -0.2) is 5.84 Å². The summed E-state index contributed by atoms with van der Waals surface area (Å²) in [5.41, 5.74) is 3.66. The summed E-state index contributed by atoms with van der Waals surface area (Å²) in [7, 11) is 0. The smallest absolute Gasteiger partial charge is 0.148 e. The second-order valence-corrected chi connectivity index (χ2v) is 5.59. The van der Waals surface area contributed by atoms with Crippen LogP contribution >= 0.6 is 11.5 Å². The predicted octanol–water partition coefficient (Wildman–Crippen LogP) is 1.06. The molecular weight excluding hydrogens is 222 g/mol. The number of likely N-dealkylation sites (tertiary alicyclic amines) is 1. The molecule has 0 bridgehead atoms. The molecule has 0 amide bonds. The highest BCUT2D eigenvalue weighted by atomic mass is 32.1. The van der Waals surface area contributed by atoms with E-state index in [2.05, 4.69) is 19.9 Å². The van der Waals surface area contributed by atoms with Crippen LogP contribution in [0.4, 0.5) is 5.00 Å². The monoisotopic (exact) mass is 239 g/mol. The summed E-state index contributed by atoms with van der Waals surface area (Å²) < 4.78 is 3.93. The summed E-state index contributed by atoms with van der Waals surface area (Å²) in [6.45, 7) is 3.35. The zero-order valence-electron chi connectivity index (χ0n) is 9.22. The third kappa shape index (κ3) is 1.81. The van der Waals surface area contributed by atoms with E-state index in [9.17, 15) is 0 Å². The zero-order valence-corrected chi connectivity index (χ0v) is 10.0. The Kier molecular flexibility index (Phi) is 2.79. The van der Waals surface area contributed by atoms with Gasteiger partial charge in [-0.2, -0.15) is 0 Å². The van der Waals surface area contributed by atoms with Crippen molar-refractivity contribution < 1.29 is 0 Å². The summed E-state index contributed by atoms with van der Waals surface area (Å²) in [6.07, 6.45) is 4.26. The van der Waals surface area contributed by atoms with Gasteiger partial charge in [0.05, 0.1) is 0 Å². The molecule has 6 heteroatoms. The molecule has 0 aromatic carbocycles. The highest BCUT2D eigenvalue weighted by Gasteiger charge is 2.36. The lowest BCUT2D eigenvalue weighted by Gasteiger charge is -2.15. The molecule has 16 heavy (non-hydrogen) atoms. The highest BCUT2D eigenvalue weighted by Crippen LogP contribution is 2.38. The van der Waals surface area contributed by atoms with Gasteiger partial charge in [0.2, 0.25) is 0 Å². The molecule has 88 valence electrons. The van der Waals surface area contributed by atoms with E-state index >= 15 is 0 Å². The van der Waals surface area contributed by atoms with Crippen molar-refractivity contribution >= 4 is 16.5 Å². The van der Waals surface area contributed by atoms with Gasteiger partial charge in [0.25, 0.3) is 0 Å². The maximum atomic E-state index is 5.42. The van der Waals surface area contributed by atoms with Gasteiger partial charge in [-0.3, -0.25) is 4.90 Å². The quantitative estimate of drug-likeness (QED) is 0.610. The predicted molar refractivity (Wildman–Crippen MR) is 63.8 cm³/mol. The second kappa shape index (κ2) is 4.27. The van der Waals surface area contributed by atoms with E-state index in [1.54, 1.807) is 0 Å². The van der Waals surface area contributed by atoms with Crippen LogP contribution in [0.5, 0.6) is 0 Å². The summed E-state index contributed by atoms with van der Waals surface area (Å²) >= 11 is 1.33. The van der Waals surface area contributed by atoms with E-state index in [4.69, 9.17) is 5.84 Å². The second-order valence-electron chi connectivity index (χ2n) is 4.84. The first-order chi connectivity index (χ1) is 7.86. The summed E-state index contributed by atoms with van der Waals surface area (Å²) in [6, 6.07) is 0. The van der Waals surface area contributed by atoms with Crippen LogP contribution in [0, 0.1) is 11.8 Å². The van der Waals surface area contributed by atoms with Gasteiger partial charge in [0.1, 0.15) is 10.7 Å². The van der Waals surface area contributed by atoms with Gasteiger partial charge < -0.3 is 5.43 Å². The van der Waals surface area contributed by atoms with Crippen LogP contribution in [0.15, 0.2) is 0 Å². The molecule has 2 heterocycles. The first-order valence-corrected chi connectivity index (χ1v) is 6.64.